The predicted molar refractivity (Wildman–Crippen MR) is 50.2 cm³/mol. The topological polar surface area (TPSA) is 26.3 Å². The van der Waals surface area contributed by atoms with E-state index in [0.29, 0.717) is 17.9 Å². The maximum atomic E-state index is 11.6. The van der Waals surface area contributed by atoms with E-state index >= 15 is 0 Å². The summed E-state index contributed by atoms with van der Waals surface area (Å²) in [6.45, 7) is 4.66. The van der Waals surface area contributed by atoms with Gasteiger partial charge in [-0.15, -0.1) is 0 Å². The highest BCUT2D eigenvalue weighted by atomic mass is 16.5. The van der Waals surface area contributed by atoms with Crippen molar-refractivity contribution in [2.45, 2.75) is 39.5 Å². The largest absolute Gasteiger partial charge is 0.466 e. The average molecular weight is 182 g/mol. The van der Waals surface area contributed by atoms with Crippen LogP contribution in [0.3, 0.4) is 0 Å². The lowest BCUT2D eigenvalue weighted by atomic mass is 9.90. The third kappa shape index (κ3) is 1.27. The highest BCUT2D eigenvalue weighted by Crippen LogP contribution is 2.66. The third-order valence-corrected chi connectivity index (χ3v) is 3.87. The molecule has 0 aliphatic heterocycles. The van der Waals surface area contributed by atoms with Gasteiger partial charge in [-0.2, -0.15) is 0 Å². The van der Waals surface area contributed by atoms with Gasteiger partial charge >= 0.3 is 5.97 Å². The first kappa shape index (κ1) is 9.04. The number of hydrogen-bond donors (Lipinski definition) is 0. The first-order chi connectivity index (χ1) is 6.20. The maximum Gasteiger partial charge on any atom is 0.309 e. The number of rotatable bonds is 2. The van der Waals surface area contributed by atoms with Crippen molar-refractivity contribution >= 4 is 5.97 Å². The number of esters is 1. The predicted octanol–water partition coefficient (Wildman–Crippen LogP) is 2.38. The van der Waals surface area contributed by atoms with E-state index < -0.39 is 0 Å². The lowest BCUT2D eigenvalue weighted by Crippen LogP contribution is -2.11. The molecule has 0 radical (unpaired) electrons. The summed E-state index contributed by atoms with van der Waals surface area (Å²) in [5, 5.41) is 0. The second kappa shape index (κ2) is 3.00. The van der Waals surface area contributed by atoms with Gasteiger partial charge in [0.15, 0.2) is 0 Å². The van der Waals surface area contributed by atoms with E-state index in [2.05, 4.69) is 6.92 Å². The van der Waals surface area contributed by atoms with Crippen LogP contribution < -0.4 is 0 Å². The Labute approximate surface area is 79.7 Å². The van der Waals surface area contributed by atoms with Crippen LogP contribution in [-0.4, -0.2) is 12.6 Å². The minimum atomic E-state index is 0.0527. The molecule has 3 atom stereocenters. The molecule has 2 aliphatic carbocycles. The van der Waals surface area contributed by atoms with E-state index in [4.69, 9.17) is 4.74 Å². The Kier molecular flexibility index (Phi) is 2.09. The van der Waals surface area contributed by atoms with Gasteiger partial charge in [-0.3, -0.25) is 4.79 Å². The fourth-order valence-corrected chi connectivity index (χ4v) is 3.03. The number of carbonyl (C=O) groups excluding carboxylic acids is 1. The summed E-state index contributed by atoms with van der Waals surface area (Å²) in [6.07, 6.45) is 5.06. The summed E-state index contributed by atoms with van der Waals surface area (Å²) >= 11 is 0. The van der Waals surface area contributed by atoms with E-state index in [9.17, 15) is 4.79 Å². The summed E-state index contributed by atoms with van der Waals surface area (Å²) in [7, 11) is 0. The zero-order valence-electron chi connectivity index (χ0n) is 8.51. The first-order valence-corrected chi connectivity index (χ1v) is 5.37. The van der Waals surface area contributed by atoms with Gasteiger partial charge in [0, 0.05) is 0 Å². The summed E-state index contributed by atoms with van der Waals surface area (Å²) in [6, 6.07) is 0. The highest BCUT2D eigenvalue weighted by molar-refractivity contribution is 5.77. The van der Waals surface area contributed by atoms with Gasteiger partial charge < -0.3 is 4.74 Å². The second-order valence-electron chi connectivity index (χ2n) is 4.59. The van der Waals surface area contributed by atoms with E-state index in [1.807, 2.05) is 6.92 Å². The van der Waals surface area contributed by atoms with Gasteiger partial charge in [0.25, 0.3) is 0 Å². The molecular weight excluding hydrogens is 164 g/mol. The van der Waals surface area contributed by atoms with Crippen LogP contribution in [0.1, 0.15) is 39.5 Å². The Balaban J connectivity index is 1.99. The number of fused-ring (bicyclic) bond motifs is 1. The van der Waals surface area contributed by atoms with Crippen LogP contribution in [0.25, 0.3) is 0 Å². The molecule has 0 amide bonds. The Hall–Kier alpha value is -0.530. The van der Waals surface area contributed by atoms with Crippen molar-refractivity contribution in [3.05, 3.63) is 0 Å². The van der Waals surface area contributed by atoms with Crippen LogP contribution in [0.2, 0.25) is 0 Å². The van der Waals surface area contributed by atoms with Crippen molar-refractivity contribution in [1.82, 2.24) is 0 Å². The molecule has 0 bridgehead atoms. The molecule has 2 rings (SSSR count). The van der Waals surface area contributed by atoms with Gasteiger partial charge in [-0.1, -0.05) is 19.8 Å². The van der Waals surface area contributed by atoms with Crippen LogP contribution in [0.4, 0.5) is 0 Å². The van der Waals surface area contributed by atoms with Gasteiger partial charge in [0.1, 0.15) is 0 Å². The zero-order chi connectivity index (χ0) is 9.47. The number of ether oxygens (including phenoxy) is 1. The molecule has 0 unspecified atom stereocenters. The van der Waals surface area contributed by atoms with Gasteiger partial charge in [0.05, 0.1) is 12.5 Å². The quantitative estimate of drug-likeness (QED) is 0.613. The molecule has 0 N–H and O–H groups in total. The lowest BCUT2D eigenvalue weighted by Gasteiger charge is -2.15. The van der Waals surface area contributed by atoms with Crippen LogP contribution in [0.5, 0.6) is 0 Å². The molecule has 2 saturated carbocycles. The van der Waals surface area contributed by atoms with Gasteiger partial charge in [-0.25, -0.2) is 0 Å². The van der Waals surface area contributed by atoms with Gasteiger partial charge in [0.2, 0.25) is 0 Å². The summed E-state index contributed by atoms with van der Waals surface area (Å²) < 4.78 is 5.08. The fraction of sp³-hybridized carbons (Fsp3) is 0.909. The molecule has 2 nitrogen and oxygen atoms in total. The standard InChI is InChI=1S/C11H18O2/c1-3-13-10(12)9-8-6-4-5-7-11(8,9)2/h8-9H,3-7H2,1-2H3/t8-,9+,11-/m0/s1. The maximum absolute atomic E-state index is 11.6. The van der Waals surface area contributed by atoms with Crippen LogP contribution in [-0.2, 0) is 9.53 Å². The van der Waals surface area contributed by atoms with Crippen molar-refractivity contribution in [1.29, 1.82) is 0 Å². The summed E-state index contributed by atoms with van der Waals surface area (Å²) in [5.41, 5.74) is 0.310. The van der Waals surface area contributed by atoms with E-state index in [0.717, 1.165) is 0 Å². The Morgan fingerprint density at radius 1 is 1.54 bits per heavy atom. The zero-order valence-corrected chi connectivity index (χ0v) is 8.51. The molecule has 2 heteroatoms. The van der Waals surface area contributed by atoms with Crippen molar-refractivity contribution in [2.24, 2.45) is 17.3 Å². The fourth-order valence-electron chi connectivity index (χ4n) is 3.03. The first-order valence-electron chi connectivity index (χ1n) is 5.37. The van der Waals surface area contributed by atoms with Crippen molar-refractivity contribution in [2.75, 3.05) is 6.61 Å². The molecule has 0 aromatic carbocycles. The Morgan fingerprint density at radius 2 is 2.31 bits per heavy atom. The van der Waals surface area contributed by atoms with E-state index in [-0.39, 0.29) is 11.9 Å². The third-order valence-electron chi connectivity index (χ3n) is 3.87. The normalized spacial score (nSPS) is 42.3. The van der Waals surface area contributed by atoms with Crippen LogP contribution in [0.15, 0.2) is 0 Å². The molecule has 2 aliphatic rings. The molecular formula is C11H18O2. The van der Waals surface area contributed by atoms with Crippen LogP contribution >= 0.6 is 0 Å². The Morgan fingerprint density at radius 3 is 2.85 bits per heavy atom. The van der Waals surface area contributed by atoms with Crippen LogP contribution in [0, 0.1) is 17.3 Å². The lowest BCUT2D eigenvalue weighted by molar-refractivity contribution is -0.145. The molecule has 0 aromatic rings. The number of carbonyl (C=O) groups is 1. The van der Waals surface area contributed by atoms with E-state index in [1.165, 1.54) is 25.7 Å². The van der Waals surface area contributed by atoms with Crippen molar-refractivity contribution in [3.63, 3.8) is 0 Å². The average Bonchev–Trinajstić information content (AvgIpc) is 2.71. The second-order valence-corrected chi connectivity index (χ2v) is 4.59. The molecule has 0 aromatic heterocycles. The minimum Gasteiger partial charge on any atom is -0.466 e. The highest BCUT2D eigenvalue weighted by Gasteiger charge is 2.65. The molecule has 74 valence electrons. The Bertz CT molecular complexity index is 224. The summed E-state index contributed by atoms with van der Waals surface area (Å²) in [5.74, 6) is 0.923. The molecule has 2 fully saturated rings. The van der Waals surface area contributed by atoms with Crippen molar-refractivity contribution < 1.29 is 9.53 Å². The van der Waals surface area contributed by atoms with E-state index in [1.54, 1.807) is 0 Å². The molecule has 0 spiro atoms. The smallest absolute Gasteiger partial charge is 0.309 e. The number of hydrogen-bond acceptors (Lipinski definition) is 2. The molecule has 0 heterocycles. The van der Waals surface area contributed by atoms with Crippen molar-refractivity contribution in [3.8, 4) is 0 Å². The SMILES string of the molecule is CCOC(=O)[C@H]1[C@@H]2CCCC[C@@]21C. The molecule has 13 heavy (non-hydrogen) atoms. The summed E-state index contributed by atoms with van der Waals surface area (Å²) in [4.78, 5) is 11.6. The monoisotopic (exact) mass is 182 g/mol. The molecule has 0 saturated heterocycles. The minimum absolute atomic E-state index is 0.0527. The van der Waals surface area contributed by atoms with Gasteiger partial charge in [-0.05, 0) is 31.1 Å².